The van der Waals surface area contributed by atoms with Crippen LogP contribution >= 0.6 is 0 Å². The first-order valence-corrected chi connectivity index (χ1v) is 18.2. The number of aromatic hydroxyl groups is 1. The molecule has 1 aliphatic heterocycles. The van der Waals surface area contributed by atoms with Gasteiger partial charge in [-0.15, -0.1) is 10.2 Å². The zero-order valence-corrected chi connectivity index (χ0v) is 27.8. The van der Waals surface area contributed by atoms with Gasteiger partial charge in [-0.3, -0.25) is 14.6 Å². The molecule has 4 bridgehead atoms. The molecule has 3 heterocycles. The Morgan fingerprint density at radius 3 is 2.16 bits per heavy atom. The number of amides is 2. The Bertz CT molecular complexity index is 1950. The van der Waals surface area contributed by atoms with Gasteiger partial charge in [-0.25, -0.2) is 13.1 Å². The minimum Gasteiger partial charge on any atom is -0.506 e. The number of pyridine rings is 1. The molecule has 0 spiro atoms. The second-order valence-electron chi connectivity index (χ2n) is 14.1. The van der Waals surface area contributed by atoms with Gasteiger partial charge in [0.1, 0.15) is 5.75 Å². The summed E-state index contributed by atoms with van der Waals surface area (Å²) in [7, 11) is -3.89. The van der Waals surface area contributed by atoms with E-state index < -0.39 is 33.6 Å². The van der Waals surface area contributed by atoms with Crippen molar-refractivity contribution < 1.29 is 36.3 Å². The van der Waals surface area contributed by atoms with Crippen LogP contribution in [0.25, 0.3) is 0 Å². The van der Waals surface area contributed by atoms with Crippen molar-refractivity contribution in [3.63, 3.8) is 0 Å². The molecular formula is C35H35F3N6O5S. The highest BCUT2D eigenvalue weighted by molar-refractivity contribution is 7.90. The summed E-state index contributed by atoms with van der Waals surface area (Å²) in [6, 6.07) is 7.22. The van der Waals surface area contributed by atoms with E-state index in [2.05, 4.69) is 31.7 Å². The summed E-state index contributed by atoms with van der Waals surface area (Å²) in [6.07, 6.45) is 4.10. The highest BCUT2D eigenvalue weighted by Gasteiger charge is 2.52. The van der Waals surface area contributed by atoms with E-state index in [4.69, 9.17) is 0 Å². The number of anilines is 1. The maximum absolute atomic E-state index is 13.7. The average molecular weight is 709 g/mol. The van der Waals surface area contributed by atoms with Crippen LogP contribution in [0.4, 0.5) is 19.0 Å². The molecular weight excluding hydrogens is 673 g/mol. The zero-order chi connectivity index (χ0) is 35.3. The van der Waals surface area contributed by atoms with Crippen LogP contribution in [0, 0.1) is 35.0 Å². The average Bonchev–Trinajstić information content (AvgIpc) is 3.05. The van der Waals surface area contributed by atoms with Crippen molar-refractivity contribution in [2.24, 2.45) is 23.2 Å². The van der Waals surface area contributed by atoms with Crippen LogP contribution < -0.4 is 9.62 Å². The fourth-order valence-electron chi connectivity index (χ4n) is 8.66. The lowest BCUT2D eigenvalue weighted by atomic mass is 9.50. The van der Waals surface area contributed by atoms with Gasteiger partial charge in [-0.1, -0.05) is 11.8 Å². The van der Waals surface area contributed by atoms with Crippen LogP contribution in [0.5, 0.6) is 5.75 Å². The number of piperazine rings is 1. The number of rotatable bonds is 6. The third kappa shape index (κ3) is 7.40. The van der Waals surface area contributed by atoms with E-state index in [9.17, 15) is 36.3 Å². The molecule has 0 unspecified atom stereocenters. The van der Waals surface area contributed by atoms with Gasteiger partial charge in [0.2, 0.25) is 10.0 Å². The van der Waals surface area contributed by atoms with Crippen molar-refractivity contribution in [1.29, 1.82) is 0 Å². The Kier molecular flexibility index (Phi) is 8.70. The molecule has 50 heavy (non-hydrogen) atoms. The first-order valence-electron chi connectivity index (χ1n) is 16.5. The normalized spacial score (nSPS) is 24.4. The van der Waals surface area contributed by atoms with Gasteiger partial charge in [0.25, 0.3) is 11.8 Å². The van der Waals surface area contributed by atoms with E-state index in [-0.39, 0.29) is 46.8 Å². The van der Waals surface area contributed by atoms with Gasteiger partial charge in [0.05, 0.1) is 17.5 Å². The molecule has 15 heteroatoms. The van der Waals surface area contributed by atoms with Gasteiger partial charge in [0.15, 0.2) is 11.5 Å². The van der Waals surface area contributed by atoms with Gasteiger partial charge in [-0.05, 0) is 98.1 Å². The van der Waals surface area contributed by atoms with Gasteiger partial charge >= 0.3 is 6.18 Å². The van der Waals surface area contributed by atoms with Crippen LogP contribution in [-0.4, -0.2) is 77.4 Å². The van der Waals surface area contributed by atoms with Crippen molar-refractivity contribution in [3.05, 3.63) is 76.7 Å². The molecule has 2 amide bonds. The fourth-order valence-corrected chi connectivity index (χ4v) is 10.3. The van der Waals surface area contributed by atoms with Crippen molar-refractivity contribution in [1.82, 2.24) is 24.8 Å². The van der Waals surface area contributed by atoms with E-state index >= 15 is 0 Å². The molecule has 8 rings (SSSR count). The third-order valence-electron chi connectivity index (χ3n) is 10.3. The van der Waals surface area contributed by atoms with Crippen LogP contribution in [-0.2, 0) is 16.2 Å². The lowest BCUT2D eigenvalue weighted by Crippen LogP contribution is -2.51. The number of hydrogen-bond acceptors (Lipinski definition) is 9. The van der Waals surface area contributed by atoms with E-state index in [1.54, 1.807) is 6.07 Å². The van der Waals surface area contributed by atoms with Crippen molar-refractivity contribution in [3.8, 4) is 17.6 Å². The summed E-state index contributed by atoms with van der Waals surface area (Å²) in [6.45, 7) is 0.943. The smallest absolute Gasteiger partial charge is 0.416 e. The maximum Gasteiger partial charge on any atom is 0.416 e. The molecule has 11 nitrogen and oxygen atoms in total. The van der Waals surface area contributed by atoms with Crippen LogP contribution in [0.15, 0.2) is 48.8 Å². The van der Waals surface area contributed by atoms with Crippen LogP contribution in [0.1, 0.15) is 76.1 Å². The maximum atomic E-state index is 13.7. The summed E-state index contributed by atoms with van der Waals surface area (Å²) in [5, 5.41) is 17.7. The van der Waals surface area contributed by atoms with E-state index in [0.29, 0.717) is 42.2 Å². The number of carbonyl (C=O) groups is 2. The number of hydrogen-bond donors (Lipinski definition) is 2. The second-order valence-corrected chi connectivity index (χ2v) is 15.9. The molecule has 262 valence electrons. The number of sulfonamides is 1. The standard InChI is InChI=1S/C35H35F3N6O5S/c36-35(37,38)28-13-22(1-2-23-14-29(45)20-39-19-23)12-27(15-28)33(47)44-7-5-43(6-8-44)31-4-3-30(40-41-31)32(46)42-50(48,49)21-34-16-24-9-25(17-34)11-26(10-24)18-34/h3-4,12-15,19-20,24-26,45H,5-11,16-18,21H2,(H,42,46). The molecule has 3 aromatic rings. The predicted molar refractivity (Wildman–Crippen MR) is 175 cm³/mol. The number of halogens is 3. The van der Waals surface area contributed by atoms with Gasteiger partial charge < -0.3 is 14.9 Å². The molecule has 1 saturated heterocycles. The summed E-state index contributed by atoms with van der Waals surface area (Å²) >= 11 is 0. The monoisotopic (exact) mass is 708 g/mol. The quantitative estimate of drug-likeness (QED) is 0.360. The number of nitrogens with one attached hydrogen (secondary N) is 1. The molecule has 4 saturated carbocycles. The fraction of sp³-hybridized carbons (Fsp3) is 0.457. The second kappa shape index (κ2) is 12.9. The Morgan fingerprint density at radius 1 is 0.900 bits per heavy atom. The minimum atomic E-state index is -4.71. The largest absolute Gasteiger partial charge is 0.506 e. The molecule has 4 aliphatic carbocycles. The summed E-state index contributed by atoms with van der Waals surface area (Å²) in [5.74, 6) is 5.80. The summed E-state index contributed by atoms with van der Waals surface area (Å²) in [5.41, 5.74) is -1.31. The molecule has 2 N–H and O–H groups in total. The van der Waals surface area contributed by atoms with Gasteiger partial charge in [-0.2, -0.15) is 13.2 Å². The van der Waals surface area contributed by atoms with Crippen molar-refractivity contribution >= 4 is 27.7 Å². The van der Waals surface area contributed by atoms with Crippen molar-refractivity contribution in [2.75, 3.05) is 36.8 Å². The molecule has 0 radical (unpaired) electrons. The molecule has 5 aliphatic rings. The van der Waals surface area contributed by atoms with Crippen molar-refractivity contribution in [2.45, 2.75) is 44.7 Å². The molecule has 0 atom stereocenters. The molecule has 1 aromatic carbocycles. The Hall–Kier alpha value is -4.71. The zero-order valence-electron chi connectivity index (χ0n) is 27.0. The number of benzene rings is 1. The van der Waals surface area contributed by atoms with E-state index in [1.807, 2.05) is 4.90 Å². The van der Waals surface area contributed by atoms with E-state index in [1.165, 1.54) is 54.8 Å². The highest BCUT2D eigenvalue weighted by atomic mass is 32.2. The highest BCUT2D eigenvalue weighted by Crippen LogP contribution is 2.60. The summed E-state index contributed by atoms with van der Waals surface area (Å²) in [4.78, 5) is 33.3. The number of aromatic nitrogens is 3. The molecule has 2 aromatic heterocycles. The number of nitrogens with zero attached hydrogens (tertiary/aromatic N) is 5. The SMILES string of the molecule is O=C(NS(=O)(=O)CC12CC3CC(CC(C3)C1)C2)c1ccc(N2CCN(C(=O)c3cc(C#Cc4cncc(O)c4)cc(C(F)(F)F)c3)CC2)nn1. The topological polar surface area (TPSA) is 146 Å². The lowest BCUT2D eigenvalue weighted by Gasteiger charge is -2.56. The number of alkyl halides is 3. The lowest BCUT2D eigenvalue weighted by molar-refractivity contribution is -0.137. The van der Waals surface area contributed by atoms with Crippen LogP contribution in [0.3, 0.4) is 0 Å². The van der Waals surface area contributed by atoms with Gasteiger partial charge in [0, 0.05) is 49.1 Å². The Labute approximate surface area is 287 Å². The van der Waals surface area contributed by atoms with Crippen LogP contribution in [0.2, 0.25) is 0 Å². The minimum absolute atomic E-state index is 0.0231. The van der Waals surface area contributed by atoms with E-state index in [0.717, 1.165) is 31.4 Å². The first kappa shape index (κ1) is 33.8. The Balaban J connectivity index is 0.968. The Morgan fingerprint density at radius 2 is 1.56 bits per heavy atom. The third-order valence-corrected chi connectivity index (χ3v) is 11.8. The predicted octanol–water partition coefficient (Wildman–Crippen LogP) is 4.23. The molecule has 5 fully saturated rings. The number of carbonyl (C=O) groups excluding carboxylic acids is 2. The first-order chi connectivity index (χ1) is 23.7. The summed E-state index contributed by atoms with van der Waals surface area (Å²) < 4.78 is 69.6.